The van der Waals surface area contributed by atoms with E-state index >= 15 is 0 Å². The van der Waals surface area contributed by atoms with Crippen molar-refractivity contribution in [2.24, 2.45) is 0 Å². The van der Waals surface area contributed by atoms with Gasteiger partial charge >= 0.3 is 0 Å². The van der Waals surface area contributed by atoms with E-state index in [0.29, 0.717) is 6.42 Å². The summed E-state index contributed by atoms with van der Waals surface area (Å²) in [6.45, 7) is 3.68. The van der Waals surface area contributed by atoms with Gasteiger partial charge in [0.15, 0.2) is 6.29 Å². The normalized spacial score (nSPS) is 18.7. The molecule has 0 aliphatic carbocycles. The summed E-state index contributed by atoms with van der Waals surface area (Å²) in [5.41, 5.74) is 0. The van der Waals surface area contributed by atoms with Gasteiger partial charge in [-0.15, -0.1) is 0 Å². The molecule has 6 N–H and O–H groups in total. The van der Waals surface area contributed by atoms with E-state index in [4.69, 9.17) is 9.47 Å². The number of nitrogens with one attached hydrogen (secondary N) is 1. The molecule has 0 aromatic carbocycles. The minimum absolute atomic E-state index is 0.187. The summed E-state index contributed by atoms with van der Waals surface area (Å²) in [6, 6.07) is -0.832. The number of hydrogen-bond donors (Lipinski definition) is 6. The van der Waals surface area contributed by atoms with Crippen molar-refractivity contribution in [2.75, 3.05) is 13.2 Å². The van der Waals surface area contributed by atoms with E-state index in [0.717, 1.165) is 70.6 Å². The molecule has 9 heteroatoms. The first kappa shape index (κ1) is 79.4. The molecule has 0 aromatic heterocycles. The molecule has 1 heterocycles. The van der Waals surface area contributed by atoms with Crippen LogP contribution >= 0.6 is 0 Å². The molecule has 9 nitrogen and oxygen atoms in total. The SMILES string of the molecule is CC/C=C\C/C=C\C/C=C\C/C=C\CCCCCCCCCCCCCCCCCCCCCCC(=O)NC(COC1OC(CO)C(O)C(O)C1O)C(O)/C=C/CC/C=C/CC/C=C/CCCCCCCCCCCCCCCCCCCC. The Morgan fingerprint density at radius 2 is 0.750 bits per heavy atom. The topological polar surface area (TPSA) is 149 Å². The average molecular weight is 1180 g/mol. The molecule has 1 saturated heterocycles. The molecule has 84 heavy (non-hydrogen) atoms. The Labute approximate surface area is 518 Å². The average Bonchev–Trinajstić information content (AvgIpc) is 3.70. The Hall–Kier alpha value is -2.63. The zero-order valence-corrected chi connectivity index (χ0v) is 54.6. The number of ether oxygens (including phenoxy) is 2. The van der Waals surface area contributed by atoms with Crippen LogP contribution in [0.25, 0.3) is 0 Å². The van der Waals surface area contributed by atoms with Crippen molar-refractivity contribution >= 4 is 5.91 Å². The van der Waals surface area contributed by atoms with Gasteiger partial charge in [0.1, 0.15) is 24.4 Å². The lowest BCUT2D eigenvalue weighted by molar-refractivity contribution is -0.302. The van der Waals surface area contributed by atoms with Gasteiger partial charge in [-0.2, -0.15) is 0 Å². The maximum Gasteiger partial charge on any atom is 0.220 e. The van der Waals surface area contributed by atoms with Gasteiger partial charge in [0, 0.05) is 6.42 Å². The number of unbranched alkanes of at least 4 members (excludes halogenated alkanes) is 40. The van der Waals surface area contributed by atoms with Gasteiger partial charge in [-0.3, -0.25) is 4.79 Å². The monoisotopic (exact) mass is 1180 g/mol. The van der Waals surface area contributed by atoms with Crippen LogP contribution in [0.15, 0.2) is 85.1 Å². The van der Waals surface area contributed by atoms with E-state index in [9.17, 15) is 30.3 Å². The number of carbonyl (C=O) groups excluding carboxylic acids is 1. The number of rotatable bonds is 62. The summed E-state index contributed by atoms with van der Waals surface area (Å²) in [7, 11) is 0. The van der Waals surface area contributed by atoms with Gasteiger partial charge in [-0.1, -0.05) is 324 Å². The largest absolute Gasteiger partial charge is 0.394 e. The van der Waals surface area contributed by atoms with Gasteiger partial charge in [0.05, 0.1) is 25.4 Å². The Morgan fingerprint density at radius 1 is 0.417 bits per heavy atom. The Morgan fingerprint density at radius 3 is 1.14 bits per heavy atom. The molecular formula is C75H135NO8. The van der Waals surface area contributed by atoms with Crippen molar-refractivity contribution in [2.45, 2.75) is 371 Å². The summed E-state index contributed by atoms with van der Waals surface area (Å²) in [5, 5.41) is 54.8. The highest BCUT2D eigenvalue weighted by Crippen LogP contribution is 2.23. The highest BCUT2D eigenvalue weighted by Gasteiger charge is 2.44. The second-order valence-corrected chi connectivity index (χ2v) is 24.6. The smallest absolute Gasteiger partial charge is 0.220 e. The third-order valence-corrected chi connectivity index (χ3v) is 16.7. The molecule has 0 spiro atoms. The van der Waals surface area contributed by atoms with Crippen LogP contribution in [-0.4, -0.2) is 87.5 Å². The Balaban J connectivity index is 2.14. The molecule has 1 aliphatic heterocycles. The van der Waals surface area contributed by atoms with Crippen LogP contribution in [0.3, 0.4) is 0 Å². The van der Waals surface area contributed by atoms with Crippen LogP contribution in [0.2, 0.25) is 0 Å². The molecule has 1 aliphatic rings. The summed E-state index contributed by atoms with van der Waals surface area (Å²) in [4.78, 5) is 13.1. The van der Waals surface area contributed by atoms with E-state index in [1.165, 1.54) is 238 Å². The Kier molecular flexibility index (Phi) is 59.9. The van der Waals surface area contributed by atoms with Crippen LogP contribution in [0.4, 0.5) is 0 Å². The molecule has 0 saturated carbocycles. The maximum absolute atomic E-state index is 13.1. The molecule has 7 atom stereocenters. The summed E-state index contributed by atoms with van der Waals surface area (Å²) in [5.74, 6) is -0.187. The first-order valence-electron chi connectivity index (χ1n) is 35.8. The fraction of sp³-hybridized carbons (Fsp3) is 0.800. The van der Waals surface area contributed by atoms with Crippen LogP contribution in [0.1, 0.15) is 328 Å². The molecule has 7 unspecified atom stereocenters. The summed E-state index contributed by atoms with van der Waals surface area (Å²) < 4.78 is 11.3. The number of aliphatic hydroxyl groups is 5. The molecule has 1 fully saturated rings. The van der Waals surface area contributed by atoms with Crippen LogP contribution in [0, 0.1) is 0 Å². The third-order valence-electron chi connectivity index (χ3n) is 16.7. The van der Waals surface area contributed by atoms with Gasteiger partial charge in [-0.25, -0.2) is 0 Å². The highest BCUT2D eigenvalue weighted by atomic mass is 16.7. The van der Waals surface area contributed by atoms with Crippen molar-refractivity contribution in [1.82, 2.24) is 5.32 Å². The summed E-state index contributed by atoms with van der Waals surface area (Å²) >= 11 is 0. The lowest BCUT2D eigenvalue weighted by atomic mass is 9.99. The van der Waals surface area contributed by atoms with Crippen LogP contribution in [-0.2, 0) is 14.3 Å². The van der Waals surface area contributed by atoms with E-state index in [1.54, 1.807) is 6.08 Å². The molecule has 0 aromatic rings. The molecule has 1 amide bonds. The Bertz CT molecular complexity index is 1600. The maximum atomic E-state index is 13.1. The zero-order chi connectivity index (χ0) is 60.7. The predicted molar refractivity (Wildman–Crippen MR) is 359 cm³/mol. The van der Waals surface area contributed by atoms with Gasteiger partial charge in [-0.05, 0) is 83.5 Å². The van der Waals surface area contributed by atoms with E-state index in [1.807, 2.05) is 6.08 Å². The summed E-state index contributed by atoms with van der Waals surface area (Å²) in [6.07, 6.45) is 84.1. The zero-order valence-electron chi connectivity index (χ0n) is 54.6. The van der Waals surface area contributed by atoms with E-state index in [2.05, 4.69) is 92.1 Å². The number of allylic oxidation sites excluding steroid dienone is 13. The van der Waals surface area contributed by atoms with Crippen molar-refractivity contribution in [3.8, 4) is 0 Å². The second kappa shape index (κ2) is 63.4. The number of carbonyl (C=O) groups is 1. The minimum atomic E-state index is -1.58. The number of amides is 1. The standard InChI is InChI=1S/C75H135NO8/c1-3-5-7-9-11-13-15-17-19-21-23-25-27-29-31-33-34-35-36-37-39-41-43-45-47-49-51-53-55-57-59-61-63-65-71(79)76-68(67-83-75-74(82)73(81)72(80)70(66-77)84-75)69(78)64-62-60-58-56-54-52-50-48-46-44-42-40-38-32-30-28-26-24-22-20-18-16-14-12-10-8-6-4-2/h5,7,11,13,17,19,23,25,46,48,54,56,62,64,68-70,72-75,77-78,80-82H,3-4,6,8-10,12,14-16,18,20-22,24,26-45,47,49-53,55,57-61,63,65-67H2,1-2H3,(H,76,79)/b7-5-,13-11-,19-17-,25-23-,48-46+,56-54+,64-62+. The molecule has 488 valence electrons. The molecule has 1 rings (SSSR count). The van der Waals surface area contributed by atoms with Crippen molar-refractivity contribution in [3.63, 3.8) is 0 Å². The minimum Gasteiger partial charge on any atom is -0.394 e. The third kappa shape index (κ3) is 51.4. The van der Waals surface area contributed by atoms with Gasteiger partial charge in [0.2, 0.25) is 5.91 Å². The van der Waals surface area contributed by atoms with Crippen molar-refractivity contribution in [3.05, 3.63) is 85.1 Å². The predicted octanol–water partition coefficient (Wildman–Crippen LogP) is 19.7. The lowest BCUT2D eigenvalue weighted by Gasteiger charge is -2.40. The number of hydrogen-bond acceptors (Lipinski definition) is 8. The number of aliphatic hydroxyl groups excluding tert-OH is 5. The fourth-order valence-corrected chi connectivity index (χ4v) is 11.1. The molecule has 0 radical (unpaired) electrons. The van der Waals surface area contributed by atoms with Crippen LogP contribution in [0.5, 0.6) is 0 Å². The van der Waals surface area contributed by atoms with Crippen LogP contribution < -0.4 is 5.32 Å². The first-order valence-corrected chi connectivity index (χ1v) is 35.8. The molecular weight excluding hydrogens is 1040 g/mol. The van der Waals surface area contributed by atoms with E-state index in [-0.39, 0.29) is 12.5 Å². The van der Waals surface area contributed by atoms with Crippen molar-refractivity contribution in [1.29, 1.82) is 0 Å². The van der Waals surface area contributed by atoms with Gasteiger partial charge in [0.25, 0.3) is 0 Å². The first-order chi connectivity index (χ1) is 41.3. The second-order valence-electron chi connectivity index (χ2n) is 24.6. The molecule has 0 bridgehead atoms. The van der Waals surface area contributed by atoms with E-state index < -0.39 is 49.5 Å². The lowest BCUT2D eigenvalue weighted by Crippen LogP contribution is -2.60. The van der Waals surface area contributed by atoms with Gasteiger partial charge < -0.3 is 40.3 Å². The highest BCUT2D eigenvalue weighted by molar-refractivity contribution is 5.76. The quantitative estimate of drug-likeness (QED) is 0.0261. The van der Waals surface area contributed by atoms with Crippen molar-refractivity contribution < 1.29 is 39.8 Å². The fourth-order valence-electron chi connectivity index (χ4n) is 11.1.